The number of hydrogen-bond donors (Lipinski definition) is 1. The first kappa shape index (κ1) is 16.3. The molecule has 1 aromatic heterocycles. The number of aliphatic hydroxyl groups excluding tert-OH is 1. The Hall–Kier alpha value is -2.21. The number of carbonyl (C=O) groups is 1. The molecule has 1 amide bonds. The van der Waals surface area contributed by atoms with Gasteiger partial charge in [0, 0.05) is 36.2 Å². The van der Waals surface area contributed by atoms with Crippen molar-refractivity contribution >= 4 is 5.91 Å². The summed E-state index contributed by atoms with van der Waals surface area (Å²) in [5.41, 5.74) is 1.44. The molecule has 6 heteroatoms. The topological polar surface area (TPSA) is 79.5 Å². The summed E-state index contributed by atoms with van der Waals surface area (Å²) < 4.78 is 5.32. The van der Waals surface area contributed by atoms with Gasteiger partial charge in [-0.25, -0.2) is 0 Å². The monoisotopic (exact) mass is 341 g/mol. The van der Waals surface area contributed by atoms with Crippen LogP contribution in [0.1, 0.15) is 60.7 Å². The fourth-order valence-electron chi connectivity index (χ4n) is 3.52. The van der Waals surface area contributed by atoms with Crippen molar-refractivity contribution in [2.45, 2.75) is 50.5 Å². The maximum atomic E-state index is 13.0. The Morgan fingerprint density at radius 3 is 2.96 bits per heavy atom. The summed E-state index contributed by atoms with van der Waals surface area (Å²) in [4.78, 5) is 19.3. The van der Waals surface area contributed by atoms with Crippen molar-refractivity contribution in [2.24, 2.45) is 0 Å². The van der Waals surface area contributed by atoms with Gasteiger partial charge in [0.2, 0.25) is 11.7 Å². The summed E-state index contributed by atoms with van der Waals surface area (Å²) in [5.74, 6) is 1.68. The summed E-state index contributed by atoms with van der Waals surface area (Å²) in [6, 6.07) is 7.56. The lowest BCUT2D eigenvalue weighted by atomic mass is 9.98. The molecule has 2 aromatic rings. The molecule has 1 unspecified atom stereocenters. The van der Waals surface area contributed by atoms with Gasteiger partial charge in [0.25, 0.3) is 5.91 Å². The van der Waals surface area contributed by atoms with Gasteiger partial charge in [-0.1, -0.05) is 17.3 Å². The van der Waals surface area contributed by atoms with Crippen molar-refractivity contribution in [3.05, 3.63) is 35.7 Å². The highest BCUT2D eigenvalue weighted by Crippen LogP contribution is 2.39. The van der Waals surface area contributed by atoms with E-state index in [2.05, 4.69) is 10.1 Å². The number of benzene rings is 1. The molecule has 2 heterocycles. The molecule has 1 saturated heterocycles. The van der Waals surface area contributed by atoms with Crippen LogP contribution in [0.5, 0.6) is 0 Å². The minimum absolute atomic E-state index is 0.0194. The van der Waals surface area contributed by atoms with Crippen LogP contribution in [0.2, 0.25) is 0 Å². The Morgan fingerprint density at radius 1 is 1.28 bits per heavy atom. The molecule has 1 N–H and O–H groups in total. The Morgan fingerprint density at radius 2 is 2.16 bits per heavy atom. The fourth-order valence-corrected chi connectivity index (χ4v) is 3.52. The molecule has 6 nitrogen and oxygen atoms in total. The van der Waals surface area contributed by atoms with Gasteiger partial charge >= 0.3 is 0 Å². The van der Waals surface area contributed by atoms with Gasteiger partial charge < -0.3 is 14.5 Å². The zero-order valence-electron chi connectivity index (χ0n) is 14.2. The average molecular weight is 341 g/mol. The number of rotatable bonds is 5. The Bertz CT molecular complexity index is 752. The molecule has 4 rings (SSSR count). The second-order valence-corrected chi connectivity index (χ2v) is 6.97. The number of aliphatic hydroxyl groups is 1. The standard InChI is InChI=1S/C19H23N3O3/c23-11-9-16-6-1-2-10-22(16)19(24)15-5-3-4-14(12-15)17-20-18(25-21-17)13-7-8-13/h3-5,12-13,16,23H,1-2,6-11H2. The lowest BCUT2D eigenvalue weighted by Crippen LogP contribution is -2.44. The number of carbonyl (C=O) groups excluding carboxylic acids is 1. The highest BCUT2D eigenvalue weighted by molar-refractivity contribution is 5.95. The van der Waals surface area contributed by atoms with E-state index in [1.54, 1.807) is 0 Å². The van der Waals surface area contributed by atoms with E-state index in [0.717, 1.165) is 44.2 Å². The van der Waals surface area contributed by atoms with E-state index < -0.39 is 0 Å². The highest BCUT2D eigenvalue weighted by Gasteiger charge is 2.30. The molecule has 1 atom stereocenters. The predicted octanol–water partition coefficient (Wildman–Crippen LogP) is 2.99. The molecule has 132 valence electrons. The zero-order valence-corrected chi connectivity index (χ0v) is 14.2. The van der Waals surface area contributed by atoms with Crippen LogP contribution in [0.25, 0.3) is 11.4 Å². The molecule has 25 heavy (non-hydrogen) atoms. The quantitative estimate of drug-likeness (QED) is 0.904. The smallest absolute Gasteiger partial charge is 0.254 e. The molecule has 0 radical (unpaired) electrons. The summed E-state index contributed by atoms with van der Waals surface area (Å²) >= 11 is 0. The van der Waals surface area contributed by atoms with Crippen LogP contribution in [0, 0.1) is 0 Å². The van der Waals surface area contributed by atoms with Crippen LogP contribution < -0.4 is 0 Å². The lowest BCUT2D eigenvalue weighted by Gasteiger charge is -2.35. The fraction of sp³-hybridized carbons (Fsp3) is 0.526. The van der Waals surface area contributed by atoms with Crippen molar-refractivity contribution in [2.75, 3.05) is 13.2 Å². The summed E-state index contributed by atoms with van der Waals surface area (Å²) in [6.45, 7) is 0.864. The number of nitrogens with zero attached hydrogens (tertiary/aromatic N) is 3. The molecule has 1 aliphatic carbocycles. The van der Waals surface area contributed by atoms with E-state index in [9.17, 15) is 9.90 Å². The third kappa shape index (κ3) is 3.44. The first-order valence-electron chi connectivity index (χ1n) is 9.12. The Kier molecular flexibility index (Phi) is 4.53. The molecule has 1 aliphatic heterocycles. The van der Waals surface area contributed by atoms with Crippen molar-refractivity contribution in [3.63, 3.8) is 0 Å². The molecule has 1 aromatic carbocycles. The third-order valence-corrected chi connectivity index (χ3v) is 5.09. The number of hydrogen-bond acceptors (Lipinski definition) is 5. The van der Waals surface area contributed by atoms with Gasteiger partial charge in [-0.2, -0.15) is 4.98 Å². The highest BCUT2D eigenvalue weighted by atomic mass is 16.5. The van der Waals surface area contributed by atoms with Crippen molar-refractivity contribution in [1.29, 1.82) is 0 Å². The normalized spacial score (nSPS) is 20.7. The molecular weight excluding hydrogens is 318 g/mol. The molecule has 1 saturated carbocycles. The van der Waals surface area contributed by atoms with Crippen LogP contribution in [-0.2, 0) is 0 Å². The molecule has 2 fully saturated rings. The lowest BCUT2D eigenvalue weighted by molar-refractivity contribution is 0.0574. The third-order valence-electron chi connectivity index (χ3n) is 5.09. The second kappa shape index (κ2) is 6.96. The van der Waals surface area contributed by atoms with Crippen LogP contribution in [0.4, 0.5) is 0 Å². The zero-order chi connectivity index (χ0) is 17.2. The van der Waals surface area contributed by atoms with Gasteiger partial charge in [-0.15, -0.1) is 0 Å². The Labute approximate surface area is 146 Å². The number of aromatic nitrogens is 2. The molecule has 0 spiro atoms. The summed E-state index contributed by atoms with van der Waals surface area (Å²) in [5, 5.41) is 13.3. The molecule has 0 bridgehead atoms. The van der Waals surface area contributed by atoms with Crippen molar-refractivity contribution < 1.29 is 14.4 Å². The van der Waals surface area contributed by atoms with E-state index in [1.807, 2.05) is 29.2 Å². The van der Waals surface area contributed by atoms with Crippen molar-refractivity contribution in [1.82, 2.24) is 15.0 Å². The number of amides is 1. The molecule has 2 aliphatic rings. The van der Waals surface area contributed by atoms with Crippen LogP contribution in [-0.4, -0.2) is 45.2 Å². The van der Waals surface area contributed by atoms with Gasteiger partial charge in [0.15, 0.2) is 0 Å². The molecular formula is C19H23N3O3. The van der Waals surface area contributed by atoms with Gasteiger partial charge in [0.05, 0.1) is 0 Å². The van der Waals surface area contributed by atoms with Crippen LogP contribution in [0.3, 0.4) is 0 Å². The average Bonchev–Trinajstić information content (AvgIpc) is 3.39. The first-order chi connectivity index (χ1) is 12.3. The van der Waals surface area contributed by atoms with Gasteiger partial charge in [0.1, 0.15) is 0 Å². The van der Waals surface area contributed by atoms with Crippen LogP contribution >= 0.6 is 0 Å². The van der Waals surface area contributed by atoms with E-state index in [1.165, 1.54) is 0 Å². The van der Waals surface area contributed by atoms with Gasteiger partial charge in [-0.3, -0.25) is 4.79 Å². The first-order valence-corrected chi connectivity index (χ1v) is 9.12. The largest absolute Gasteiger partial charge is 0.396 e. The van der Waals surface area contributed by atoms with Crippen LogP contribution in [0.15, 0.2) is 28.8 Å². The van der Waals surface area contributed by atoms with Gasteiger partial charge in [-0.05, 0) is 50.7 Å². The van der Waals surface area contributed by atoms with E-state index >= 15 is 0 Å². The number of likely N-dealkylation sites (tertiary alicyclic amines) is 1. The minimum Gasteiger partial charge on any atom is -0.396 e. The SMILES string of the molecule is O=C(c1cccc(-c2noc(C3CC3)n2)c1)N1CCCCC1CCO. The predicted molar refractivity (Wildman–Crippen MR) is 92.1 cm³/mol. The van der Waals surface area contributed by atoms with Crippen molar-refractivity contribution in [3.8, 4) is 11.4 Å². The summed E-state index contributed by atoms with van der Waals surface area (Å²) in [6.07, 6.45) is 5.95. The minimum atomic E-state index is 0.0194. The van der Waals surface area contributed by atoms with E-state index in [-0.39, 0.29) is 18.6 Å². The van der Waals surface area contributed by atoms with E-state index in [4.69, 9.17) is 4.52 Å². The summed E-state index contributed by atoms with van der Waals surface area (Å²) in [7, 11) is 0. The number of piperidine rings is 1. The van der Waals surface area contributed by atoms with E-state index in [0.29, 0.717) is 29.6 Å². The Balaban J connectivity index is 1.56. The maximum absolute atomic E-state index is 13.0. The second-order valence-electron chi connectivity index (χ2n) is 6.97. The maximum Gasteiger partial charge on any atom is 0.254 e.